The zero-order valence-electron chi connectivity index (χ0n) is 12.6. The SMILES string of the molecule is CCCC[C@H]1C(=O)N(C)CCN1C(=O)Nc1nc(C)ns1. The number of aryl methyl sites for hydroxylation is 1. The maximum atomic E-state index is 12.4. The summed E-state index contributed by atoms with van der Waals surface area (Å²) in [6.07, 6.45) is 2.62. The molecule has 1 aliphatic heterocycles. The minimum atomic E-state index is -0.377. The maximum absolute atomic E-state index is 12.4. The highest BCUT2D eigenvalue weighted by molar-refractivity contribution is 7.09. The quantitative estimate of drug-likeness (QED) is 0.918. The lowest BCUT2D eigenvalue weighted by atomic mass is 10.0. The van der Waals surface area contributed by atoms with Crippen LogP contribution in [-0.4, -0.2) is 57.3 Å². The van der Waals surface area contributed by atoms with E-state index >= 15 is 0 Å². The summed E-state index contributed by atoms with van der Waals surface area (Å²) in [7, 11) is 1.78. The maximum Gasteiger partial charge on any atom is 0.324 e. The minimum absolute atomic E-state index is 0.0123. The van der Waals surface area contributed by atoms with Crippen molar-refractivity contribution in [2.45, 2.75) is 39.2 Å². The molecule has 1 saturated heterocycles. The number of piperazine rings is 1. The first-order valence-electron chi connectivity index (χ1n) is 7.15. The van der Waals surface area contributed by atoms with Crippen molar-refractivity contribution in [3.8, 4) is 0 Å². The normalized spacial score (nSPS) is 19.0. The van der Waals surface area contributed by atoms with E-state index in [0.717, 1.165) is 24.4 Å². The summed E-state index contributed by atoms with van der Waals surface area (Å²) >= 11 is 1.15. The molecule has 7 nitrogen and oxygen atoms in total. The van der Waals surface area contributed by atoms with Crippen molar-refractivity contribution in [1.82, 2.24) is 19.2 Å². The number of nitrogens with one attached hydrogen (secondary N) is 1. The number of rotatable bonds is 4. The van der Waals surface area contributed by atoms with Gasteiger partial charge in [-0.15, -0.1) is 0 Å². The Kier molecular flexibility index (Phi) is 5.11. The number of aromatic nitrogens is 2. The average Bonchev–Trinajstić information content (AvgIpc) is 2.85. The highest BCUT2D eigenvalue weighted by Gasteiger charge is 2.35. The number of carbonyl (C=O) groups is 2. The summed E-state index contributed by atoms with van der Waals surface area (Å²) in [4.78, 5) is 32.1. The van der Waals surface area contributed by atoms with Crippen molar-refractivity contribution in [2.75, 3.05) is 25.5 Å². The van der Waals surface area contributed by atoms with Crippen molar-refractivity contribution >= 4 is 28.6 Å². The Labute approximate surface area is 128 Å². The number of likely N-dealkylation sites (N-methyl/N-ethyl adjacent to an activating group) is 1. The second-order valence-corrected chi connectivity index (χ2v) is 5.94. The molecule has 0 aliphatic carbocycles. The number of hydrogen-bond donors (Lipinski definition) is 1. The van der Waals surface area contributed by atoms with Crippen molar-refractivity contribution < 1.29 is 9.59 Å². The second-order valence-electron chi connectivity index (χ2n) is 5.19. The third-order valence-electron chi connectivity index (χ3n) is 3.55. The van der Waals surface area contributed by atoms with Gasteiger partial charge in [-0.1, -0.05) is 19.8 Å². The van der Waals surface area contributed by atoms with Crippen molar-refractivity contribution in [3.05, 3.63) is 5.82 Å². The molecule has 0 saturated carbocycles. The zero-order chi connectivity index (χ0) is 15.4. The molecular weight excluding hydrogens is 290 g/mol. The topological polar surface area (TPSA) is 78.4 Å². The van der Waals surface area contributed by atoms with Gasteiger partial charge in [0.1, 0.15) is 11.9 Å². The Morgan fingerprint density at radius 1 is 1.48 bits per heavy atom. The van der Waals surface area contributed by atoms with E-state index in [1.165, 1.54) is 0 Å². The molecule has 1 aliphatic rings. The van der Waals surface area contributed by atoms with Gasteiger partial charge in [0.25, 0.3) is 0 Å². The van der Waals surface area contributed by atoms with Crippen molar-refractivity contribution in [3.63, 3.8) is 0 Å². The van der Waals surface area contributed by atoms with Crippen LogP contribution in [0.2, 0.25) is 0 Å². The van der Waals surface area contributed by atoms with Crippen LogP contribution in [0, 0.1) is 6.92 Å². The molecule has 3 amide bonds. The first kappa shape index (κ1) is 15.7. The van der Waals surface area contributed by atoms with Gasteiger partial charge >= 0.3 is 6.03 Å². The number of anilines is 1. The number of hydrogen-bond acceptors (Lipinski definition) is 5. The van der Waals surface area contributed by atoms with Crippen LogP contribution >= 0.6 is 11.5 Å². The molecule has 1 aromatic rings. The molecular formula is C13H21N5O2S. The lowest BCUT2D eigenvalue weighted by Gasteiger charge is -2.38. The fourth-order valence-electron chi connectivity index (χ4n) is 2.34. The molecule has 8 heteroatoms. The van der Waals surface area contributed by atoms with E-state index in [4.69, 9.17) is 0 Å². The van der Waals surface area contributed by atoms with Gasteiger partial charge in [-0.2, -0.15) is 4.37 Å². The van der Waals surface area contributed by atoms with E-state index in [2.05, 4.69) is 21.6 Å². The second kappa shape index (κ2) is 6.84. The molecule has 1 N–H and O–H groups in total. The zero-order valence-corrected chi connectivity index (χ0v) is 13.4. The molecule has 1 aromatic heterocycles. The smallest absolute Gasteiger partial charge is 0.324 e. The lowest BCUT2D eigenvalue weighted by molar-refractivity contribution is -0.138. The number of carbonyl (C=O) groups excluding carboxylic acids is 2. The molecule has 0 unspecified atom stereocenters. The number of nitrogens with zero attached hydrogens (tertiary/aromatic N) is 4. The molecule has 0 aromatic carbocycles. The fraction of sp³-hybridized carbons (Fsp3) is 0.692. The molecule has 1 atom stereocenters. The van der Waals surface area contributed by atoms with E-state index in [1.807, 2.05) is 0 Å². The summed E-state index contributed by atoms with van der Waals surface area (Å²) < 4.78 is 4.03. The largest absolute Gasteiger partial charge is 0.342 e. The predicted octanol–water partition coefficient (Wildman–Crippen LogP) is 1.71. The van der Waals surface area contributed by atoms with Gasteiger partial charge in [0, 0.05) is 31.7 Å². The van der Waals surface area contributed by atoms with Crippen LogP contribution in [0.15, 0.2) is 0 Å². The number of unbranched alkanes of at least 4 members (excludes halogenated alkanes) is 1. The van der Waals surface area contributed by atoms with Crippen molar-refractivity contribution in [1.29, 1.82) is 0 Å². The van der Waals surface area contributed by atoms with Crippen molar-refractivity contribution in [2.24, 2.45) is 0 Å². The molecule has 1 fully saturated rings. The molecule has 0 spiro atoms. The Morgan fingerprint density at radius 3 is 2.86 bits per heavy atom. The minimum Gasteiger partial charge on any atom is -0.342 e. The predicted molar refractivity (Wildman–Crippen MR) is 81.3 cm³/mol. The van der Waals surface area contributed by atoms with Gasteiger partial charge in [0.15, 0.2) is 0 Å². The first-order valence-corrected chi connectivity index (χ1v) is 7.93. The van der Waals surface area contributed by atoms with Crippen LogP contribution in [-0.2, 0) is 4.79 Å². The Balaban J connectivity index is 2.07. The van der Waals surface area contributed by atoms with E-state index < -0.39 is 0 Å². The van der Waals surface area contributed by atoms with Gasteiger partial charge in [-0.3, -0.25) is 10.1 Å². The molecule has 21 heavy (non-hydrogen) atoms. The lowest BCUT2D eigenvalue weighted by Crippen LogP contribution is -2.58. The van der Waals surface area contributed by atoms with Gasteiger partial charge in [0.05, 0.1) is 0 Å². The fourth-order valence-corrected chi connectivity index (χ4v) is 2.91. The van der Waals surface area contributed by atoms with Gasteiger partial charge < -0.3 is 9.80 Å². The van der Waals surface area contributed by atoms with Crippen LogP contribution in [0.4, 0.5) is 9.93 Å². The Hall–Kier alpha value is -1.70. The van der Waals surface area contributed by atoms with Gasteiger partial charge in [0.2, 0.25) is 11.0 Å². The Bertz CT molecular complexity index is 518. The van der Waals surface area contributed by atoms with Crippen LogP contribution in [0.25, 0.3) is 0 Å². The van der Waals surface area contributed by atoms with E-state index in [-0.39, 0.29) is 18.0 Å². The molecule has 0 bridgehead atoms. The van der Waals surface area contributed by atoms with E-state index in [9.17, 15) is 9.59 Å². The number of amides is 3. The van der Waals surface area contributed by atoms with E-state index in [1.54, 1.807) is 23.8 Å². The molecule has 116 valence electrons. The third-order valence-corrected chi connectivity index (χ3v) is 4.27. The summed E-state index contributed by atoms with van der Waals surface area (Å²) in [5, 5.41) is 3.21. The monoisotopic (exact) mass is 311 g/mol. The van der Waals surface area contributed by atoms with Gasteiger partial charge in [-0.05, 0) is 13.3 Å². The number of urea groups is 1. The van der Waals surface area contributed by atoms with Crippen LogP contribution in [0.1, 0.15) is 32.0 Å². The summed E-state index contributed by atoms with van der Waals surface area (Å²) in [5.74, 6) is 0.644. The Morgan fingerprint density at radius 2 is 2.24 bits per heavy atom. The highest BCUT2D eigenvalue weighted by atomic mass is 32.1. The van der Waals surface area contributed by atoms with Crippen LogP contribution in [0.5, 0.6) is 0 Å². The summed E-state index contributed by atoms with van der Waals surface area (Å²) in [6.45, 7) is 4.95. The van der Waals surface area contributed by atoms with Crippen LogP contribution < -0.4 is 5.32 Å². The molecule has 2 rings (SSSR count). The third kappa shape index (κ3) is 3.69. The first-order chi connectivity index (χ1) is 10.0. The molecule has 0 radical (unpaired) electrons. The average molecular weight is 311 g/mol. The summed E-state index contributed by atoms with van der Waals surface area (Å²) in [6, 6.07) is -0.647. The standard InChI is InChI=1S/C13H21N5O2S/c1-4-5-6-10-11(19)17(3)7-8-18(10)13(20)15-12-14-9(2)16-21-12/h10H,4-8H2,1-3H3,(H,14,15,16,20)/t10-/m0/s1. The highest BCUT2D eigenvalue weighted by Crippen LogP contribution is 2.18. The van der Waals surface area contributed by atoms with Crippen LogP contribution in [0.3, 0.4) is 0 Å². The summed E-state index contributed by atoms with van der Waals surface area (Å²) in [5.41, 5.74) is 0. The van der Waals surface area contributed by atoms with E-state index in [0.29, 0.717) is 30.5 Å². The van der Waals surface area contributed by atoms with Gasteiger partial charge in [-0.25, -0.2) is 9.78 Å². The molecule has 2 heterocycles.